The highest BCUT2D eigenvalue weighted by Crippen LogP contribution is 2.11. The zero-order valence-corrected chi connectivity index (χ0v) is 21.1. The molecule has 2 amide bonds. The molecule has 6 N–H and O–H groups in total. The minimum absolute atomic E-state index is 0.119. The molecule has 0 saturated carbocycles. The first-order valence-corrected chi connectivity index (χ1v) is 12.7. The van der Waals surface area contributed by atoms with Gasteiger partial charge in [-0.05, 0) is 32.9 Å². The maximum atomic E-state index is 13.1. The highest BCUT2D eigenvalue weighted by molar-refractivity contribution is 5.94. The lowest BCUT2D eigenvalue weighted by Gasteiger charge is -2.36. The van der Waals surface area contributed by atoms with Gasteiger partial charge in [0.1, 0.15) is 12.1 Å². The summed E-state index contributed by atoms with van der Waals surface area (Å²) in [6.07, 6.45) is 6.31. The van der Waals surface area contributed by atoms with E-state index in [2.05, 4.69) is 27.8 Å². The van der Waals surface area contributed by atoms with Crippen molar-refractivity contribution >= 4 is 17.6 Å². The first-order valence-electron chi connectivity index (χ1n) is 12.7. The molecule has 1 aliphatic heterocycles. The number of carbonyl (C=O) groups excluding carboxylic acids is 3. The Morgan fingerprint density at radius 2 is 1.76 bits per heavy atom. The first kappa shape index (κ1) is 29.5. The Morgan fingerprint density at radius 1 is 1.09 bits per heavy atom. The summed E-state index contributed by atoms with van der Waals surface area (Å²) in [5.41, 5.74) is 5.61. The lowest BCUT2D eigenvalue weighted by Crippen LogP contribution is -2.63. The largest absolute Gasteiger partial charge is 0.391 e. The summed E-state index contributed by atoms with van der Waals surface area (Å²) in [7, 11) is 0. The average molecular weight is 470 g/mol. The SMILES string of the molecule is CCCCCCCCN1CCNC[C@H]1C(=O)N[C@H](C(=O)N[C@@H](CCN)C(=O)C(C)C)[C@H](C)O. The van der Waals surface area contributed by atoms with E-state index in [0.717, 1.165) is 32.5 Å². The van der Waals surface area contributed by atoms with Crippen LogP contribution in [0.2, 0.25) is 0 Å². The molecule has 1 aliphatic rings. The Labute approximate surface area is 199 Å². The van der Waals surface area contributed by atoms with Gasteiger partial charge in [0.25, 0.3) is 0 Å². The van der Waals surface area contributed by atoms with Gasteiger partial charge in [-0.2, -0.15) is 0 Å². The number of aliphatic hydroxyl groups excluding tert-OH is 1. The Hall–Kier alpha value is -1.55. The van der Waals surface area contributed by atoms with E-state index in [0.29, 0.717) is 13.0 Å². The lowest BCUT2D eigenvalue weighted by molar-refractivity contribution is -0.136. The van der Waals surface area contributed by atoms with Crippen LogP contribution in [0.1, 0.15) is 72.6 Å². The standard InChI is InChI=1S/C24H47N5O4/c1-5-6-7-8-9-10-14-29-15-13-26-16-20(29)23(32)28-21(18(4)30)24(33)27-19(11-12-25)22(31)17(2)3/h17-21,26,30H,5-16,25H2,1-4H3,(H,27,33)(H,28,32)/t18-,19-,20-,21-/m0/s1. The zero-order valence-electron chi connectivity index (χ0n) is 21.1. The topological polar surface area (TPSA) is 137 Å². The minimum Gasteiger partial charge on any atom is -0.391 e. The van der Waals surface area contributed by atoms with Gasteiger partial charge >= 0.3 is 0 Å². The number of hydrogen-bond acceptors (Lipinski definition) is 7. The number of Topliss-reactive ketones (excluding diaryl/α,β-unsaturated/α-hetero) is 1. The van der Waals surface area contributed by atoms with Gasteiger partial charge in [-0.3, -0.25) is 19.3 Å². The summed E-state index contributed by atoms with van der Waals surface area (Å²) in [6.45, 7) is 10.3. The maximum absolute atomic E-state index is 13.1. The van der Waals surface area contributed by atoms with Crippen LogP contribution in [0.25, 0.3) is 0 Å². The molecule has 0 bridgehead atoms. The molecule has 9 nitrogen and oxygen atoms in total. The Morgan fingerprint density at radius 3 is 2.36 bits per heavy atom. The molecule has 0 spiro atoms. The number of nitrogens with zero attached hydrogens (tertiary/aromatic N) is 1. The highest BCUT2D eigenvalue weighted by Gasteiger charge is 2.34. The van der Waals surface area contributed by atoms with Gasteiger partial charge in [0.2, 0.25) is 11.8 Å². The van der Waals surface area contributed by atoms with Crippen LogP contribution in [0, 0.1) is 5.92 Å². The number of piperazine rings is 1. The second kappa shape index (κ2) is 16.1. The van der Waals surface area contributed by atoms with Gasteiger partial charge in [-0.1, -0.05) is 52.9 Å². The van der Waals surface area contributed by atoms with Gasteiger partial charge in [-0.25, -0.2) is 0 Å². The van der Waals surface area contributed by atoms with Crippen molar-refractivity contribution < 1.29 is 19.5 Å². The highest BCUT2D eigenvalue weighted by atomic mass is 16.3. The van der Waals surface area contributed by atoms with Gasteiger partial charge in [0, 0.05) is 25.6 Å². The molecule has 192 valence electrons. The first-order chi connectivity index (χ1) is 15.7. The smallest absolute Gasteiger partial charge is 0.245 e. The van der Waals surface area contributed by atoms with Crippen molar-refractivity contribution in [3.8, 4) is 0 Å². The molecule has 9 heteroatoms. The predicted octanol–water partition coefficient (Wildman–Crippen LogP) is 0.545. The average Bonchev–Trinajstić information content (AvgIpc) is 2.78. The Balaban J connectivity index is 2.72. The molecule has 4 atom stereocenters. The molecular formula is C24H47N5O4. The third kappa shape index (κ3) is 10.5. The molecule has 0 radical (unpaired) electrons. The fourth-order valence-corrected chi connectivity index (χ4v) is 4.14. The molecule has 0 aromatic heterocycles. The van der Waals surface area contributed by atoms with Crippen LogP contribution in [0.5, 0.6) is 0 Å². The third-order valence-electron chi connectivity index (χ3n) is 6.20. The van der Waals surface area contributed by atoms with Gasteiger partial charge in [0.05, 0.1) is 12.1 Å². The Kier molecular flexibility index (Phi) is 14.4. The van der Waals surface area contributed by atoms with E-state index in [-0.39, 0.29) is 24.2 Å². The summed E-state index contributed by atoms with van der Waals surface area (Å²) in [6, 6.07) is -2.28. The summed E-state index contributed by atoms with van der Waals surface area (Å²) in [5.74, 6) is -1.24. The van der Waals surface area contributed by atoms with Crippen LogP contribution in [0.4, 0.5) is 0 Å². The minimum atomic E-state index is -1.14. The lowest BCUT2D eigenvalue weighted by atomic mass is 9.98. The number of aliphatic hydroxyl groups is 1. The number of carbonyl (C=O) groups is 3. The van der Waals surface area contributed by atoms with Crippen molar-refractivity contribution in [1.82, 2.24) is 20.9 Å². The molecule has 0 aromatic carbocycles. The van der Waals surface area contributed by atoms with E-state index in [4.69, 9.17) is 5.73 Å². The molecule has 1 fully saturated rings. The van der Waals surface area contributed by atoms with Crippen molar-refractivity contribution in [3.63, 3.8) is 0 Å². The molecule has 0 aliphatic carbocycles. The van der Waals surface area contributed by atoms with Crippen molar-refractivity contribution in [2.45, 2.75) is 96.9 Å². The molecular weight excluding hydrogens is 422 g/mol. The summed E-state index contributed by atoms with van der Waals surface area (Å²) in [5, 5.41) is 18.9. The normalized spacial score (nSPS) is 19.7. The van der Waals surface area contributed by atoms with E-state index in [1.807, 2.05) is 0 Å². The molecule has 33 heavy (non-hydrogen) atoms. The molecule has 1 rings (SSSR count). The van der Waals surface area contributed by atoms with Crippen LogP contribution in [0.3, 0.4) is 0 Å². The molecule has 0 unspecified atom stereocenters. The second-order valence-corrected chi connectivity index (χ2v) is 9.45. The third-order valence-corrected chi connectivity index (χ3v) is 6.20. The second-order valence-electron chi connectivity index (χ2n) is 9.45. The molecule has 0 aromatic rings. The number of ketones is 1. The summed E-state index contributed by atoms with van der Waals surface area (Å²) < 4.78 is 0. The van der Waals surface area contributed by atoms with Gasteiger partial charge < -0.3 is 26.8 Å². The van der Waals surface area contributed by atoms with Crippen molar-refractivity contribution in [1.29, 1.82) is 0 Å². The number of unbranched alkanes of at least 4 members (excludes halogenated alkanes) is 5. The van der Waals surface area contributed by atoms with E-state index in [1.165, 1.54) is 32.6 Å². The number of hydrogen-bond donors (Lipinski definition) is 5. The summed E-state index contributed by atoms with van der Waals surface area (Å²) in [4.78, 5) is 40.5. The number of nitrogens with one attached hydrogen (secondary N) is 3. The van der Waals surface area contributed by atoms with Crippen molar-refractivity contribution in [2.24, 2.45) is 11.7 Å². The van der Waals surface area contributed by atoms with Crippen LogP contribution < -0.4 is 21.7 Å². The quantitative estimate of drug-likeness (QED) is 0.208. The van der Waals surface area contributed by atoms with E-state index < -0.39 is 30.1 Å². The molecule has 1 saturated heterocycles. The van der Waals surface area contributed by atoms with Gasteiger partial charge in [0.15, 0.2) is 5.78 Å². The monoisotopic (exact) mass is 469 g/mol. The van der Waals surface area contributed by atoms with Gasteiger partial charge in [-0.15, -0.1) is 0 Å². The maximum Gasteiger partial charge on any atom is 0.245 e. The van der Waals surface area contributed by atoms with Crippen LogP contribution in [-0.2, 0) is 14.4 Å². The zero-order chi connectivity index (χ0) is 24.8. The van der Waals surface area contributed by atoms with Crippen LogP contribution in [0.15, 0.2) is 0 Å². The van der Waals surface area contributed by atoms with Crippen LogP contribution in [-0.4, -0.2) is 84.6 Å². The fourth-order valence-electron chi connectivity index (χ4n) is 4.14. The number of nitrogens with two attached hydrogens (primary N) is 1. The van der Waals surface area contributed by atoms with E-state index in [1.54, 1.807) is 13.8 Å². The molecule has 1 heterocycles. The van der Waals surface area contributed by atoms with E-state index in [9.17, 15) is 19.5 Å². The fraction of sp³-hybridized carbons (Fsp3) is 0.875. The van der Waals surface area contributed by atoms with Crippen molar-refractivity contribution in [3.05, 3.63) is 0 Å². The number of amides is 2. The van der Waals surface area contributed by atoms with E-state index >= 15 is 0 Å². The predicted molar refractivity (Wildman–Crippen MR) is 131 cm³/mol. The Bertz CT molecular complexity index is 599. The summed E-state index contributed by atoms with van der Waals surface area (Å²) >= 11 is 0. The van der Waals surface area contributed by atoms with Crippen molar-refractivity contribution in [2.75, 3.05) is 32.7 Å². The van der Waals surface area contributed by atoms with Crippen LogP contribution >= 0.6 is 0 Å². The number of rotatable bonds is 16.